The highest BCUT2D eigenvalue weighted by Gasteiger charge is 2.25. The van der Waals surface area contributed by atoms with Crippen molar-refractivity contribution in [1.29, 1.82) is 0 Å². The Balaban J connectivity index is 1.64. The highest BCUT2D eigenvalue weighted by molar-refractivity contribution is 5.91. The molecule has 28 heavy (non-hydrogen) atoms. The second-order valence-electron chi connectivity index (χ2n) is 7.40. The van der Waals surface area contributed by atoms with Crippen molar-refractivity contribution in [1.82, 2.24) is 20.1 Å². The van der Waals surface area contributed by atoms with Gasteiger partial charge in [0.15, 0.2) is 5.76 Å². The molecule has 2 heterocycles. The number of aromatic nitrogens is 1. The van der Waals surface area contributed by atoms with E-state index in [1.807, 2.05) is 17.0 Å². The van der Waals surface area contributed by atoms with E-state index in [-0.39, 0.29) is 30.3 Å². The fraction of sp³-hybridized carbons (Fsp3) is 0.476. The van der Waals surface area contributed by atoms with Gasteiger partial charge >= 0.3 is 6.03 Å². The summed E-state index contributed by atoms with van der Waals surface area (Å²) in [4.78, 5) is 32.3. The van der Waals surface area contributed by atoms with Gasteiger partial charge in [0, 0.05) is 39.1 Å². The summed E-state index contributed by atoms with van der Waals surface area (Å²) in [6.07, 6.45) is 9.09. The van der Waals surface area contributed by atoms with Crippen molar-refractivity contribution in [2.24, 2.45) is 0 Å². The standard InChI is InChI=1S/C21H28N4O3/c1-24(2)20(26)19-9-8-18(28-19)14-23-21(27)25(17-6-4-3-5-7-17)15-16-10-12-22-13-11-16/h8-13,17H,3-7,14-15H2,1-2H3,(H,23,27). The van der Waals surface area contributed by atoms with Crippen LogP contribution in [0.4, 0.5) is 4.79 Å². The zero-order valence-corrected chi connectivity index (χ0v) is 16.6. The van der Waals surface area contributed by atoms with E-state index in [1.54, 1.807) is 38.6 Å². The number of amides is 3. The molecule has 3 amide bonds. The molecule has 0 spiro atoms. The molecule has 0 radical (unpaired) electrons. The highest BCUT2D eigenvalue weighted by Crippen LogP contribution is 2.24. The SMILES string of the molecule is CN(C)C(=O)c1ccc(CNC(=O)N(Cc2ccncc2)C2CCCCC2)o1. The first-order valence-corrected chi connectivity index (χ1v) is 9.78. The van der Waals surface area contributed by atoms with Gasteiger partial charge in [0.1, 0.15) is 5.76 Å². The number of hydrogen-bond acceptors (Lipinski definition) is 4. The highest BCUT2D eigenvalue weighted by atomic mass is 16.4. The zero-order chi connectivity index (χ0) is 19.9. The predicted molar refractivity (Wildman–Crippen MR) is 106 cm³/mol. The van der Waals surface area contributed by atoms with E-state index in [9.17, 15) is 9.59 Å². The minimum Gasteiger partial charge on any atom is -0.454 e. The van der Waals surface area contributed by atoms with Gasteiger partial charge in [0.25, 0.3) is 5.91 Å². The van der Waals surface area contributed by atoms with Crippen LogP contribution in [0.3, 0.4) is 0 Å². The molecule has 7 nitrogen and oxygen atoms in total. The summed E-state index contributed by atoms with van der Waals surface area (Å²) in [5.74, 6) is 0.639. The molecule has 0 bridgehead atoms. The van der Waals surface area contributed by atoms with Crippen LogP contribution in [0.15, 0.2) is 41.1 Å². The van der Waals surface area contributed by atoms with Gasteiger partial charge in [-0.05, 0) is 42.7 Å². The second-order valence-corrected chi connectivity index (χ2v) is 7.40. The van der Waals surface area contributed by atoms with Gasteiger partial charge in [-0.25, -0.2) is 4.79 Å². The number of furan rings is 1. The van der Waals surface area contributed by atoms with E-state index in [2.05, 4.69) is 10.3 Å². The molecule has 0 unspecified atom stereocenters. The van der Waals surface area contributed by atoms with Crippen molar-refractivity contribution < 1.29 is 14.0 Å². The molecule has 1 aliphatic rings. The van der Waals surface area contributed by atoms with Crippen LogP contribution in [0, 0.1) is 0 Å². The lowest BCUT2D eigenvalue weighted by Gasteiger charge is -2.34. The number of carbonyl (C=O) groups excluding carboxylic acids is 2. The van der Waals surface area contributed by atoms with Crippen LogP contribution < -0.4 is 5.32 Å². The number of nitrogens with zero attached hydrogens (tertiary/aromatic N) is 3. The number of urea groups is 1. The predicted octanol–water partition coefficient (Wildman–Crippen LogP) is 3.42. The van der Waals surface area contributed by atoms with Crippen LogP contribution >= 0.6 is 0 Å². The van der Waals surface area contributed by atoms with Gasteiger partial charge in [-0.3, -0.25) is 9.78 Å². The average Bonchev–Trinajstić information content (AvgIpc) is 3.20. The lowest BCUT2D eigenvalue weighted by molar-refractivity contribution is 0.0794. The molecule has 0 aliphatic heterocycles. The average molecular weight is 384 g/mol. The summed E-state index contributed by atoms with van der Waals surface area (Å²) in [7, 11) is 3.35. The molecule has 7 heteroatoms. The Hall–Kier alpha value is -2.83. The van der Waals surface area contributed by atoms with Gasteiger partial charge in [-0.15, -0.1) is 0 Å². The summed E-state index contributed by atoms with van der Waals surface area (Å²) >= 11 is 0. The molecular weight excluding hydrogens is 356 g/mol. The second kappa shape index (κ2) is 9.39. The normalized spacial score (nSPS) is 14.5. The van der Waals surface area contributed by atoms with Crippen molar-refractivity contribution in [3.05, 3.63) is 53.7 Å². The van der Waals surface area contributed by atoms with E-state index >= 15 is 0 Å². The van der Waals surface area contributed by atoms with Crippen molar-refractivity contribution in [2.75, 3.05) is 14.1 Å². The lowest BCUT2D eigenvalue weighted by atomic mass is 9.94. The third-order valence-electron chi connectivity index (χ3n) is 5.07. The van der Waals surface area contributed by atoms with Crippen LogP contribution in [0.1, 0.15) is 54.0 Å². The van der Waals surface area contributed by atoms with Crippen molar-refractivity contribution >= 4 is 11.9 Å². The minimum atomic E-state index is -0.195. The maximum absolute atomic E-state index is 13.0. The Bertz CT molecular complexity index is 782. The van der Waals surface area contributed by atoms with Crippen LogP contribution in [0.5, 0.6) is 0 Å². The van der Waals surface area contributed by atoms with Crippen LogP contribution in [-0.2, 0) is 13.1 Å². The van der Waals surface area contributed by atoms with Crippen LogP contribution in [-0.4, -0.2) is 46.9 Å². The van der Waals surface area contributed by atoms with E-state index in [4.69, 9.17) is 4.42 Å². The van der Waals surface area contributed by atoms with Crippen molar-refractivity contribution in [3.63, 3.8) is 0 Å². The van der Waals surface area contributed by atoms with E-state index < -0.39 is 0 Å². The molecule has 1 fully saturated rings. The van der Waals surface area contributed by atoms with Crippen molar-refractivity contribution in [3.8, 4) is 0 Å². The first-order chi connectivity index (χ1) is 13.5. The maximum atomic E-state index is 13.0. The van der Waals surface area contributed by atoms with E-state index in [0.29, 0.717) is 12.3 Å². The quantitative estimate of drug-likeness (QED) is 0.828. The molecule has 0 saturated heterocycles. The molecule has 1 saturated carbocycles. The first kappa shape index (κ1) is 19.9. The molecule has 1 aliphatic carbocycles. The topological polar surface area (TPSA) is 78.7 Å². The van der Waals surface area contributed by atoms with Gasteiger partial charge in [-0.2, -0.15) is 0 Å². The summed E-state index contributed by atoms with van der Waals surface area (Å²) in [5.41, 5.74) is 1.06. The van der Waals surface area contributed by atoms with Gasteiger partial charge < -0.3 is 19.5 Å². The fourth-order valence-corrected chi connectivity index (χ4v) is 3.52. The molecule has 3 rings (SSSR count). The molecule has 0 aromatic carbocycles. The lowest BCUT2D eigenvalue weighted by Crippen LogP contribution is -2.46. The summed E-state index contributed by atoms with van der Waals surface area (Å²) in [5, 5.41) is 2.95. The summed E-state index contributed by atoms with van der Waals surface area (Å²) in [6, 6.07) is 7.37. The smallest absolute Gasteiger partial charge is 0.318 e. The Kier molecular flexibility index (Phi) is 6.68. The number of pyridine rings is 1. The third-order valence-corrected chi connectivity index (χ3v) is 5.07. The molecular formula is C21H28N4O3. The fourth-order valence-electron chi connectivity index (χ4n) is 3.52. The van der Waals surface area contributed by atoms with E-state index in [0.717, 1.165) is 31.2 Å². The van der Waals surface area contributed by atoms with Crippen LogP contribution in [0.2, 0.25) is 0 Å². The number of carbonyl (C=O) groups is 2. The Morgan fingerprint density at radius 2 is 1.82 bits per heavy atom. The molecule has 0 atom stereocenters. The van der Waals surface area contributed by atoms with E-state index in [1.165, 1.54) is 11.3 Å². The summed E-state index contributed by atoms with van der Waals surface area (Å²) < 4.78 is 5.57. The Morgan fingerprint density at radius 3 is 2.50 bits per heavy atom. The maximum Gasteiger partial charge on any atom is 0.318 e. The molecule has 2 aromatic heterocycles. The van der Waals surface area contributed by atoms with Crippen molar-refractivity contribution in [2.45, 2.75) is 51.2 Å². The Morgan fingerprint density at radius 1 is 1.11 bits per heavy atom. The van der Waals surface area contributed by atoms with Gasteiger partial charge in [0.2, 0.25) is 0 Å². The van der Waals surface area contributed by atoms with Crippen LogP contribution in [0.25, 0.3) is 0 Å². The zero-order valence-electron chi connectivity index (χ0n) is 16.6. The number of hydrogen-bond donors (Lipinski definition) is 1. The number of rotatable bonds is 6. The Labute approximate surface area is 165 Å². The minimum absolute atomic E-state index is 0.111. The largest absolute Gasteiger partial charge is 0.454 e. The third kappa shape index (κ3) is 5.12. The van der Waals surface area contributed by atoms with Gasteiger partial charge in [-0.1, -0.05) is 19.3 Å². The molecule has 150 valence electrons. The van der Waals surface area contributed by atoms with Gasteiger partial charge in [0.05, 0.1) is 6.54 Å². The number of nitrogens with one attached hydrogen (secondary N) is 1. The first-order valence-electron chi connectivity index (χ1n) is 9.78. The summed E-state index contributed by atoms with van der Waals surface area (Å²) in [6.45, 7) is 0.806. The molecule has 2 aromatic rings. The molecule has 1 N–H and O–H groups in total. The monoisotopic (exact) mass is 384 g/mol.